The van der Waals surface area contributed by atoms with Crippen LogP contribution < -0.4 is 15.8 Å². The molecule has 8 heteroatoms. The van der Waals surface area contributed by atoms with Crippen LogP contribution in [0, 0.1) is 5.82 Å². The number of ether oxygens (including phenoxy) is 2. The van der Waals surface area contributed by atoms with Gasteiger partial charge in [-0.15, -0.1) is 11.3 Å². The first-order chi connectivity index (χ1) is 11.7. The second kappa shape index (κ2) is 7.69. The molecular weight excluding hydrogens is 333 g/mol. The maximum atomic E-state index is 13.5. The van der Waals surface area contributed by atoms with Crippen LogP contribution in [0.25, 0.3) is 0 Å². The zero-order chi connectivity index (χ0) is 16.9. The maximum Gasteiger partial charge on any atom is 0.275 e. The Hall–Kier alpha value is -2.03. The van der Waals surface area contributed by atoms with Gasteiger partial charge in [0.25, 0.3) is 5.91 Å². The van der Waals surface area contributed by atoms with Crippen molar-refractivity contribution in [2.45, 2.75) is 25.5 Å². The maximum absolute atomic E-state index is 13.5. The van der Waals surface area contributed by atoms with Crippen LogP contribution in [0.4, 0.5) is 10.1 Å². The van der Waals surface area contributed by atoms with Crippen molar-refractivity contribution in [3.05, 3.63) is 40.1 Å². The Morgan fingerprint density at radius 2 is 2.42 bits per heavy atom. The van der Waals surface area contributed by atoms with Crippen LogP contribution in [0.1, 0.15) is 28.3 Å². The molecule has 1 atom stereocenters. The smallest absolute Gasteiger partial charge is 0.275 e. The third-order valence-corrected chi connectivity index (χ3v) is 4.47. The van der Waals surface area contributed by atoms with E-state index in [9.17, 15) is 9.18 Å². The van der Waals surface area contributed by atoms with E-state index in [0.29, 0.717) is 17.4 Å². The molecule has 1 amide bonds. The van der Waals surface area contributed by atoms with Crippen molar-refractivity contribution < 1.29 is 18.7 Å². The number of thiazole rings is 1. The van der Waals surface area contributed by atoms with Crippen LogP contribution in [0.15, 0.2) is 23.6 Å². The van der Waals surface area contributed by atoms with E-state index in [1.54, 1.807) is 5.38 Å². The lowest BCUT2D eigenvalue weighted by molar-refractivity contribution is 0.0681. The van der Waals surface area contributed by atoms with Crippen LogP contribution >= 0.6 is 11.3 Å². The minimum Gasteiger partial charge on any atom is -0.489 e. The minimum atomic E-state index is -0.462. The number of halogens is 1. The fourth-order valence-corrected chi connectivity index (χ4v) is 3.03. The van der Waals surface area contributed by atoms with Gasteiger partial charge in [-0.05, 0) is 25.0 Å². The number of carbonyl (C=O) groups excluding carboxylic acids is 1. The average Bonchev–Trinajstić information content (AvgIpc) is 3.25. The van der Waals surface area contributed by atoms with Gasteiger partial charge in [-0.2, -0.15) is 0 Å². The lowest BCUT2D eigenvalue weighted by Crippen LogP contribution is -2.18. The summed E-state index contributed by atoms with van der Waals surface area (Å²) in [4.78, 5) is 16.4. The summed E-state index contributed by atoms with van der Waals surface area (Å²) in [7, 11) is 0. The number of nitrogens with zero attached hydrogens (tertiary/aromatic N) is 1. The topological polar surface area (TPSA) is 86.5 Å². The molecule has 1 aromatic heterocycles. The predicted molar refractivity (Wildman–Crippen MR) is 88.8 cm³/mol. The summed E-state index contributed by atoms with van der Waals surface area (Å²) in [5, 5.41) is 4.92. The number of carbonyl (C=O) groups is 1. The quantitative estimate of drug-likeness (QED) is 0.835. The van der Waals surface area contributed by atoms with Gasteiger partial charge in [0.2, 0.25) is 0 Å². The van der Waals surface area contributed by atoms with Crippen molar-refractivity contribution in [2.24, 2.45) is 5.73 Å². The summed E-state index contributed by atoms with van der Waals surface area (Å²) in [6.07, 6.45) is 1.97. The van der Waals surface area contributed by atoms with Crippen molar-refractivity contribution in [2.75, 3.05) is 18.5 Å². The molecule has 6 nitrogen and oxygen atoms in total. The molecule has 24 heavy (non-hydrogen) atoms. The van der Waals surface area contributed by atoms with Crippen LogP contribution in [-0.2, 0) is 11.3 Å². The lowest BCUT2D eigenvalue weighted by atomic mass is 10.2. The molecule has 0 aliphatic carbocycles. The number of hydrogen-bond donors (Lipinski definition) is 2. The number of aromatic nitrogens is 1. The van der Waals surface area contributed by atoms with E-state index in [1.165, 1.54) is 29.5 Å². The highest BCUT2D eigenvalue weighted by atomic mass is 32.1. The first-order valence-corrected chi connectivity index (χ1v) is 8.53. The highest BCUT2D eigenvalue weighted by Gasteiger charge is 2.18. The first-order valence-electron chi connectivity index (χ1n) is 7.65. The van der Waals surface area contributed by atoms with E-state index in [-0.39, 0.29) is 24.0 Å². The molecule has 1 aromatic carbocycles. The Morgan fingerprint density at radius 3 is 3.12 bits per heavy atom. The van der Waals surface area contributed by atoms with Crippen LogP contribution in [0.5, 0.6) is 5.75 Å². The second-order valence-electron chi connectivity index (χ2n) is 5.37. The highest BCUT2D eigenvalue weighted by molar-refractivity contribution is 7.09. The minimum absolute atomic E-state index is 0.0317. The van der Waals surface area contributed by atoms with Crippen molar-refractivity contribution >= 4 is 22.9 Å². The standard InChI is InChI=1S/C16H18FN3O3S/c17-10-3-4-14(23-8-11-2-1-5-22-11)12(6-10)20-16(21)13-9-24-15(7-18)19-13/h3-4,6,9,11H,1-2,5,7-8,18H2,(H,20,21). The summed E-state index contributed by atoms with van der Waals surface area (Å²) < 4.78 is 24.7. The largest absolute Gasteiger partial charge is 0.489 e. The third-order valence-electron chi connectivity index (χ3n) is 3.60. The van der Waals surface area contributed by atoms with Gasteiger partial charge in [0, 0.05) is 24.6 Å². The number of amides is 1. The van der Waals surface area contributed by atoms with Gasteiger partial charge >= 0.3 is 0 Å². The Labute approximate surface area is 142 Å². The number of anilines is 1. The molecule has 3 rings (SSSR count). The molecule has 2 aromatic rings. The molecule has 1 aliphatic heterocycles. The van der Waals surface area contributed by atoms with Gasteiger partial charge in [0.15, 0.2) is 0 Å². The Bertz CT molecular complexity index is 716. The molecule has 0 radical (unpaired) electrons. The number of benzene rings is 1. The van der Waals surface area contributed by atoms with Gasteiger partial charge in [0.05, 0.1) is 11.8 Å². The van der Waals surface area contributed by atoms with Gasteiger partial charge < -0.3 is 20.5 Å². The normalized spacial score (nSPS) is 17.0. The Balaban J connectivity index is 1.70. The van der Waals surface area contributed by atoms with Crippen molar-refractivity contribution in [3.8, 4) is 5.75 Å². The summed E-state index contributed by atoms with van der Waals surface area (Å²) in [6.45, 7) is 1.37. The molecule has 0 saturated carbocycles. The number of nitrogens with one attached hydrogen (secondary N) is 1. The molecule has 1 saturated heterocycles. The predicted octanol–water partition coefficient (Wildman–Crippen LogP) is 2.55. The average molecular weight is 351 g/mol. The van der Waals surface area contributed by atoms with Gasteiger partial charge in [-0.3, -0.25) is 4.79 Å². The number of nitrogens with two attached hydrogens (primary N) is 1. The summed E-state index contributed by atoms with van der Waals surface area (Å²) >= 11 is 1.30. The van der Waals surface area contributed by atoms with E-state index >= 15 is 0 Å². The SMILES string of the molecule is NCc1nc(C(=O)Nc2cc(F)ccc2OCC2CCCO2)cs1. The van der Waals surface area contributed by atoms with E-state index in [2.05, 4.69) is 10.3 Å². The van der Waals surface area contributed by atoms with Gasteiger partial charge in [0.1, 0.15) is 28.9 Å². The molecule has 128 valence electrons. The molecule has 3 N–H and O–H groups in total. The van der Waals surface area contributed by atoms with Crippen LogP contribution in [0.2, 0.25) is 0 Å². The van der Waals surface area contributed by atoms with Crippen molar-refractivity contribution in [1.82, 2.24) is 4.98 Å². The van der Waals surface area contributed by atoms with Crippen LogP contribution in [-0.4, -0.2) is 30.2 Å². The van der Waals surface area contributed by atoms with E-state index in [4.69, 9.17) is 15.2 Å². The molecule has 0 bridgehead atoms. The zero-order valence-corrected chi connectivity index (χ0v) is 13.8. The van der Waals surface area contributed by atoms with Crippen molar-refractivity contribution in [3.63, 3.8) is 0 Å². The number of hydrogen-bond acceptors (Lipinski definition) is 6. The molecule has 1 aliphatic rings. The van der Waals surface area contributed by atoms with Crippen molar-refractivity contribution in [1.29, 1.82) is 0 Å². The van der Waals surface area contributed by atoms with Gasteiger partial charge in [-0.1, -0.05) is 0 Å². The summed E-state index contributed by atoms with van der Waals surface area (Å²) in [6, 6.07) is 4.00. The fraction of sp³-hybridized carbons (Fsp3) is 0.375. The molecule has 0 spiro atoms. The highest BCUT2D eigenvalue weighted by Crippen LogP contribution is 2.27. The number of rotatable bonds is 6. The molecule has 2 heterocycles. The van der Waals surface area contributed by atoms with E-state index < -0.39 is 11.7 Å². The second-order valence-corrected chi connectivity index (χ2v) is 6.31. The fourth-order valence-electron chi connectivity index (χ4n) is 2.38. The molecular formula is C16H18FN3O3S. The Morgan fingerprint density at radius 1 is 1.54 bits per heavy atom. The van der Waals surface area contributed by atoms with E-state index in [0.717, 1.165) is 19.4 Å². The third kappa shape index (κ3) is 4.08. The summed E-state index contributed by atoms with van der Waals surface area (Å²) in [5.74, 6) is -0.497. The monoisotopic (exact) mass is 351 g/mol. The first kappa shape index (κ1) is 16.8. The Kier molecular flexibility index (Phi) is 5.39. The molecule has 1 unspecified atom stereocenters. The van der Waals surface area contributed by atoms with E-state index in [1.807, 2.05) is 0 Å². The molecule has 1 fully saturated rings. The summed E-state index contributed by atoms with van der Waals surface area (Å²) in [5.41, 5.74) is 6.00. The van der Waals surface area contributed by atoms with Gasteiger partial charge in [-0.25, -0.2) is 9.37 Å². The zero-order valence-electron chi connectivity index (χ0n) is 13.0. The van der Waals surface area contributed by atoms with Crippen LogP contribution in [0.3, 0.4) is 0 Å². The lowest BCUT2D eigenvalue weighted by Gasteiger charge is -2.15.